The second-order valence-electron chi connectivity index (χ2n) is 6.27. The van der Waals surface area contributed by atoms with Crippen LogP contribution in [-0.2, 0) is 4.79 Å². The minimum absolute atomic E-state index is 0.245. The van der Waals surface area contributed by atoms with Crippen molar-refractivity contribution in [2.45, 2.75) is 59.2 Å². The van der Waals surface area contributed by atoms with Gasteiger partial charge in [0, 0.05) is 6.04 Å². The number of rotatable bonds is 2. The molecule has 2 rings (SSSR count). The number of hydrogen-bond donors (Lipinski definition) is 1. The van der Waals surface area contributed by atoms with Crippen molar-refractivity contribution >= 4 is 5.91 Å². The van der Waals surface area contributed by atoms with Crippen molar-refractivity contribution in [2.75, 3.05) is 6.54 Å². The highest BCUT2D eigenvalue weighted by molar-refractivity contribution is 5.81. The van der Waals surface area contributed by atoms with Gasteiger partial charge in [-0.15, -0.1) is 0 Å². The summed E-state index contributed by atoms with van der Waals surface area (Å²) < 4.78 is 0. The molecule has 2 aliphatic rings. The quantitative estimate of drug-likeness (QED) is 0.778. The molecular formula is C13H24N2O. The van der Waals surface area contributed by atoms with Crippen LogP contribution < -0.4 is 5.32 Å². The minimum Gasteiger partial charge on any atom is -0.322 e. The normalized spacial score (nSPS) is 34.1. The zero-order chi connectivity index (χ0) is 11.9. The number of hydrogen-bond acceptors (Lipinski definition) is 2. The van der Waals surface area contributed by atoms with E-state index >= 15 is 0 Å². The zero-order valence-corrected chi connectivity index (χ0v) is 10.9. The molecule has 0 aromatic carbocycles. The van der Waals surface area contributed by atoms with Crippen LogP contribution in [0.2, 0.25) is 0 Å². The fraction of sp³-hybridized carbons (Fsp3) is 0.923. The van der Waals surface area contributed by atoms with E-state index in [9.17, 15) is 4.79 Å². The van der Waals surface area contributed by atoms with Gasteiger partial charge in [0.05, 0.1) is 12.7 Å². The van der Waals surface area contributed by atoms with E-state index < -0.39 is 0 Å². The van der Waals surface area contributed by atoms with Gasteiger partial charge in [-0.2, -0.15) is 0 Å². The third-order valence-corrected chi connectivity index (χ3v) is 4.22. The Morgan fingerprint density at radius 1 is 1.44 bits per heavy atom. The molecule has 3 heteroatoms. The van der Waals surface area contributed by atoms with Gasteiger partial charge < -0.3 is 4.90 Å². The number of nitrogens with zero attached hydrogens (tertiary/aromatic N) is 1. The third-order valence-electron chi connectivity index (χ3n) is 4.22. The van der Waals surface area contributed by atoms with E-state index in [4.69, 9.17) is 0 Å². The molecule has 0 bridgehead atoms. The first kappa shape index (κ1) is 11.9. The largest absolute Gasteiger partial charge is 0.322 e. The zero-order valence-electron chi connectivity index (χ0n) is 10.9. The Labute approximate surface area is 98.6 Å². The molecule has 0 spiro atoms. The first-order valence-electron chi connectivity index (χ1n) is 6.48. The first-order chi connectivity index (χ1) is 7.43. The van der Waals surface area contributed by atoms with Crippen LogP contribution in [0.25, 0.3) is 0 Å². The van der Waals surface area contributed by atoms with E-state index in [1.807, 2.05) is 0 Å². The molecule has 2 atom stereocenters. The fourth-order valence-electron chi connectivity index (χ4n) is 3.29. The lowest BCUT2D eigenvalue weighted by molar-refractivity contribution is -0.133. The number of amides is 1. The van der Waals surface area contributed by atoms with Crippen molar-refractivity contribution in [1.82, 2.24) is 10.2 Å². The molecule has 0 aromatic rings. The lowest BCUT2D eigenvalue weighted by Crippen LogP contribution is -2.51. The summed E-state index contributed by atoms with van der Waals surface area (Å²) in [4.78, 5) is 14.2. The van der Waals surface area contributed by atoms with Crippen LogP contribution in [0.5, 0.6) is 0 Å². The van der Waals surface area contributed by atoms with Crippen molar-refractivity contribution in [1.29, 1.82) is 0 Å². The van der Waals surface area contributed by atoms with Crippen LogP contribution >= 0.6 is 0 Å². The monoisotopic (exact) mass is 224 g/mol. The summed E-state index contributed by atoms with van der Waals surface area (Å²) >= 11 is 0. The van der Waals surface area contributed by atoms with Gasteiger partial charge in [-0.05, 0) is 24.2 Å². The van der Waals surface area contributed by atoms with Crippen LogP contribution in [0.15, 0.2) is 0 Å². The smallest absolute Gasteiger partial charge is 0.238 e. The maximum Gasteiger partial charge on any atom is 0.238 e. The molecule has 1 N–H and O–H groups in total. The van der Waals surface area contributed by atoms with E-state index in [1.54, 1.807) is 0 Å². The lowest BCUT2D eigenvalue weighted by Gasteiger charge is -2.39. The average molecular weight is 224 g/mol. The predicted molar refractivity (Wildman–Crippen MR) is 64.9 cm³/mol. The summed E-state index contributed by atoms with van der Waals surface area (Å²) in [6, 6.07) is 0.433. The number of carbonyl (C=O) groups excluding carboxylic acids is 1. The van der Waals surface area contributed by atoms with Crippen LogP contribution in [0, 0.1) is 11.3 Å². The molecule has 0 radical (unpaired) electrons. The third kappa shape index (κ3) is 1.86. The Bertz CT molecular complexity index is 286. The molecule has 1 aliphatic carbocycles. The second-order valence-corrected chi connectivity index (χ2v) is 6.27. The maximum absolute atomic E-state index is 12.0. The van der Waals surface area contributed by atoms with Crippen LogP contribution in [0.1, 0.15) is 47.0 Å². The molecule has 1 saturated heterocycles. The topological polar surface area (TPSA) is 32.3 Å². The number of carbonyl (C=O) groups is 1. The van der Waals surface area contributed by atoms with Crippen molar-refractivity contribution in [3.8, 4) is 0 Å². The summed E-state index contributed by atoms with van der Waals surface area (Å²) in [7, 11) is 0. The van der Waals surface area contributed by atoms with E-state index in [-0.39, 0.29) is 11.6 Å². The van der Waals surface area contributed by atoms with Crippen molar-refractivity contribution < 1.29 is 4.79 Å². The Balaban J connectivity index is 2.20. The highest BCUT2D eigenvalue weighted by Gasteiger charge is 2.45. The van der Waals surface area contributed by atoms with Gasteiger partial charge in [0.2, 0.25) is 5.91 Å². The standard InChI is InChI=1S/C13H24N2O/c1-9(2)12-14-8-11(16)15(12)10-6-5-7-13(10,3)4/h9-10,12,14H,5-8H2,1-4H3. The van der Waals surface area contributed by atoms with Crippen molar-refractivity contribution in [3.63, 3.8) is 0 Å². The number of nitrogens with one attached hydrogen (secondary N) is 1. The molecule has 3 nitrogen and oxygen atoms in total. The first-order valence-corrected chi connectivity index (χ1v) is 6.48. The van der Waals surface area contributed by atoms with E-state index in [0.29, 0.717) is 24.4 Å². The Hall–Kier alpha value is -0.570. The Kier molecular flexibility index (Phi) is 2.99. The van der Waals surface area contributed by atoms with Crippen LogP contribution in [0.3, 0.4) is 0 Å². The van der Waals surface area contributed by atoms with Gasteiger partial charge in [-0.1, -0.05) is 34.1 Å². The van der Waals surface area contributed by atoms with Gasteiger partial charge >= 0.3 is 0 Å². The Morgan fingerprint density at radius 3 is 2.62 bits per heavy atom. The summed E-state index contributed by atoms with van der Waals surface area (Å²) in [5.41, 5.74) is 0.287. The molecular weight excluding hydrogens is 200 g/mol. The molecule has 2 unspecified atom stereocenters. The molecule has 16 heavy (non-hydrogen) atoms. The molecule has 1 heterocycles. The van der Waals surface area contributed by atoms with E-state index in [1.165, 1.54) is 19.3 Å². The predicted octanol–water partition coefficient (Wildman–Crippen LogP) is 1.98. The molecule has 0 aromatic heterocycles. The van der Waals surface area contributed by atoms with Gasteiger partial charge in [0.15, 0.2) is 0 Å². The SMILES string of the molecule is CC(C)C1NCC(=O)N1C1CCCC1(C)C. The maximum atomic E-state index is 12.0. The Morgan fingerprint density at radius 2 is 2.12 bits per heavy atom. The van der Waals surface area contributed by atoms with Crippen molar-refractivity contribution in [3.05, 3.63) is 0 Å². The molecule has 1 amide bonds. The average Bonchev–Trinajstić information content (AvgIpc) is 2.68. The summed E-state index contributed by atoms with van der Waals surface area (Å²) in [5.74, 6) is 0.779. The van der Waals surface area contributed by atoms with Gasteiger partial charge in [-0.25, -0.2) is 0 Å². The summed E-state index contributed by atoms with van der Waals surface area (Å²) in [6.07, 6.45) is 3.91. The molecule has 1 aliphatic heterocycles. The van der Waals surface area contributed by atoms with Gasteiger partial charge in [0.1, 0.15) is 0 Å². The van der Waals surface area contributed by atoms with Gasteiger partial charge in [-0.3, -0.25) is 10.1 Å². The van der Waals surface area contributed by atoms with Gasteiger partial charge in [0.25, 0.3) is 0 Å². The van der Waals surface area contributed by atoms with E-state index in [0.717, 1.165) is 0 Å². The van der Waals surface area contributed by atoms with Crippen LogP contribution in [-0.4, -0.2) is 29.6 Å². The van der Waals surface area contributed by atoms with Crippen LogP contribution in [0.4, 0.5) is 0 Å². The molecule has 92 valence electrons. The molecule has 2 fully saturated rings. The highest BCUT2D eigenvalue weighted by atomic mass is 16.2. The summed E-state index contributed by atoms with van der Waals surface area (Å²) in [6.45, 7) is 9.49. The second kappa shape index (κ2) is 4.02. The van der Waals surface area contributed by atoms with E-state index in [2.05, 4.69) is 37.9 Å². The fourth-order valence-corrected chi connectivity index (χ4v) is 3.29. The minimum atomic E-state index is 0.245. The summed E-state index contributed by atoms with van der Waals surface area (Å²) in [5, 5.41) is 3.35. The van der Waals surface area contributed by atoms with Crippen molar-refractivity contribution in [2.24, 2.45) is 11.3 Å². The highest BCUT2D eigenvalue weighted by Crippen LogP contribution is 2.42. The lowest BCUT2D eigenvalue weighted by atomic mass is 9.86. The molecule has 1 saturated carbocycles.